The summed E-state index contributed by atoms with van der Waals surface area (Å²) in [5, 5.41) is 9.31. The van der Waals surface area contributed by atoms with E-state index >= 15 is 0 Å². The molecule has 31 heavy (non-hydrogen) atoms. The Balaban J connectivity index is 1.73. The molecule has 4 rings (SSSR count). The van der Waals surface area contributed by atoms with Crippen molar-refractivity contribution in [1.82, 2.24) is 3.97 Å². The summed E-state index contributed by atoms with van der Waals surface area (Å²) in [5.41, 5.74) is 1.81. The van der Waals surface area contributed by atoms with Gasteiger partial charge in [0.1, 0.15) is 18.3 Å². The van der Waals surface area contributed by atoms with Crippen molar-refractivity contribution in [3.8, 4) is 5.75 Å². The molecule has 1 aliphatic heterocycles. The van der Waals surface area contributed by atoms with Crippen LogP contribution in [0.25, 0.3) is 10.9 Å². The quantitative estimate of drug-likeness (QED) is 0.694. The number of rotatable bonds is 7. The second kappa shape index (κ2) is 8.35. The lowest BCUT2D eigenvalue weighted by Crippen LogP contribution is -2.18. The molecule has 0 amide bonds. The van der Waals surface area contributed by atoms with Gasteiger partial charge in [0, 0.05) is 18.0 Å². The van der Waals surface area contributed by atoms with Crippen molar-refractivity contribution in [2.75, 3.05) is 7.11 Å². The van der Waals surface area contributed by atoms with Gasteiger partial charge in [-0.25, -0.2) is 3.97 Å². The number of ether oxygens (including phenoxy) is 3. The van der Waals surface area contributed by atoms with Crippen LogP contribution in [-0.4, -0.2) is 30.6 Å². The number of methoxy groups -OCH3 is 1. The van der Waals surface area contributed by atoms with Gasteiger partial charge < -0.3 is 19.3 Å². The maximum Gasteiger partial charge on any atom is 0.304 e. The average molecular weight is 443 g/mol. The third-order valence-corrected chi connectivity index (χ3v) is 6.57. The number of nitrogens with zero attached hydrogens (tertiary/aromatic N) is 1. The van der Waals surface area contributed by atoms with Gasteiger partial charge >= 0.3 is 16.0 Å². The van der Waals surface area contributed by atoms with Crippen molar-refractivity contribution in [2.24, 2.45) is 0 Å². The zero-order chi connectivity index (χ0) is 22.0. The first-order valence-electron chi connectivity index (χ1n) is 9.65. The van der Waals surface area contributed by atoms with Crippen LogP contribution in [0.5, 0.6) is 5.75 Å². The topological polar surface area (TPSA) is 104 Å². The number of hydrogen-bond acceptors (Lipinski definition) is 6. The Morgan fingerprint density at radius 1 is 1.29 bits per heavy atom. The Kier molecular flexibility index (Phi) is 5.60. The molecule has 0 radical (unpaired) electrons. The van der Waals surface area contributed by atoms with Crippen molar-refractivity contribution in [3.05, 3.63) is 77.1 Å². The van der Waals surface area contributed by atoms with Gasteiger partial charge in [0.05, 0.1) is 12.6 Å². The maximum absolute atomic E-state index is 13.4. The minimum absolute atomic E-state index is 0.132. The lowest BCUT2D eigenvalue weighted by Gasteiger charge is -2.20. The Labute approximate surface area is 179 Å². The van der Waals surface area contributed by atoms with Crippen molar-refractivity contribution < 1.29 is 32.5 Å². The molecule has 0 unspecified atom stereocenters. The first-order chi connectivity index (χ1) is 14.9. The summed E-state index contributed by atoms with van der Waals surface area (Å²) in [6, 6.07) is 4.95. The largest absolute Gasteiger partial charge is 0.497 e. The molecular formula is C22H21NO7S. The Hall–Kier alpha value is -3.46. The number of aryl methyl sites for hydroxylation is 1. The van der Waals surface area contributed by atoms with Gasteiger partial charge in [-0.2, -0.15) is 8.42 Å². The van der Waals surface area contributed by atoms with Gasteiger partial charge in [0.25, 0.3) is 5.09 Å². The lowest BCUT2D eigenvalue weighted by atomic mass is 10.0. The van der Waals surface area contributed by atoms with Crippen LogP contribution < -0.4 is 4.74 Å². The molecule has 2 aliphatic rings. The first kappa shape index (κ1) is 20.8. The van der Waals surface area contributed by atoms with E-state index in [2.05, 4.69) is 0 Å². The summed E-state index contributed by atoms with van der Waals surface area (Å²) in [4.78, 5) is 11.1. The van der Waals surface area contributed by atoms with E-state index in [1.807, 2.05) is 18.2 Å². The lowest BCUT2D eigenvalue weighted by molar-refractivity contribution is -0.136. The molecule has 0 saturated carbocycles. The number of hydrogen-bond donors (Lipinski definition) is 1. The second-order valence-corrected chi connectivity index (χ2v) is 8.79. The van der Waals surface area contributed by atoms with E-state index in [9.17, 15) is 13.2 Å². The number of benzene rings is 1. The molecule has 162 valence electrons. The molecule has 0 saturated heterocycles. The van der Waals surface area contributed by atoms with Crippen LogP contribution in [0, 0.1) is 0 Å². The predicted molar refractivity (Wildman–Crippen MR) is 114 cm³/mol. The molecule has 0 atom stereocenters. The van der Waals surface area contributed by atoms with Crippen LogP contribution in [0.4, 0.5) is 0 Å². The number of carbonyl (C=O) groups is 1. The van der Waals surface area contributed by atoms with E-state index in [1.165, 1.54) is 19.6 Å². The molecule has 9 heteroatoms. The molecule has 0 fully saturated rings. The van der Waals surface area contributed by atoms with Crippen LogP contribution in [0.15, 0.2) is 71.6 Å². The monoisotopic (exact) mass is 443 g/mol. The summed E-state index contributed by atoms with van der Waals surface area (Å²) >= 11 is 0. The van der Waals surface area contributed by atoms with E-state index in [0.717, 1.165) is 22.2 Å². The van der Waals surface area contributed by atoms with Gasteiger partial charge in [-0.15, -0.1) is 0 Å². The summed E-state index contributed by atoms with van der Waals surface area (Å²) in [7, 11) is -2.63. The Morgan fingerprint density at radius 2 is 2.13 bits per heavy atom. The molecule has 1 aliphatic carbocycles. The van der Waals surface area contributed by atoms with Crippen molar-refractivity contribution in [3.63, 3.8) is 0 Å². The minimum Gasteiger partial charge on any atom is -0.497 e. The van der Waals surface area contributed by atoms with Crippen LogP contribution in [0.1, 0.15) is 24.8 Å². The van der Waals surface area contributed by atoms with Crippen molar-refractivity contribution >= 4 is 26.9 Å². The van der Waals surface area contributed by atoms with Crippen LogP contribution >= 0.6 is 0 Å². The third-order valence-electron chi connectivity index (χ3n) is 5.06. The molecule has 0 bridgehead atoms. The molecular weight excluding hydrogens is 422 g/mol. The Bertz CT molecular complexity index is 1260. The minimum atomic E-state index is -4.14. The van der Waals surface area contributed by atoms with Crippen molar-refractivity contribution in [1.29, 1.82) is 0 Å². The van der Waals surface area contributed by atoms with E-state index in [4.69, 9.17) is 19.3 Å². The number of aliphatic carboxylic acids is 1. The summed E-state index contributed by atoms with van der Waals surface area (Å²) in [6.45, 7) is 0. The maximum atomic E-state index is 13.4. The first-order valence-corrected chi connectivity index (χ1v) is 11.1. The molecule has 2 heterocycles. The highest BCUT2D eigenvalue weighted by molar-refractivity contribution is 7.93. The second-order valence-electron chi connectivity index (χ2n) is 7.05. The van der Waals surface area contributed by atoms with Crippen LogP contribution in [-0.2, 0) is 30.7 Å². The smallest absolute Gasteiger partial charge is 0.304 e. The third kappa shape index (κ3) is 4.09. The number of fused-ring (bicyclic) bond motifs is 1. The highest BCUT2D eigenvalue weighted by Gasteiger charge is 2.30. The zero-order valence-corrected chi connectivity index (χ0v) is 17.6. The van der Waals surface area contributed by atoms with E-state index in [0.29, 0.717) is 34.4 Å². The highest BCUT2D eigenvalue weighted by atomic mass is 32.2. The molecule has 1 N–H and O–H groups in total. The summed E-state index contributed by atoms with van der Waals surface area (Å²) in [5.74, 6) is -0.0872. The number of allylic oxidation sites excluding steroid dienone is 4. The zero-order valence-electron chi connectivity index (χ0n) is 16.8. The Morgan fingerprint density at radius 3 is 2.84 bits per heavy atom. The fourth-order valence-electron chi connectivity index (χ4n) is 3.48. The van der Waals surface area contributed by atoms with Gasteiger partial charge in [-0.3, -0.25) is 4.79 Å². The van der Waals surface area contributed by atoms with E-state index < -0.39 is 16.0 Å². The fraction of sp³-hybridized carbons (Fsp3) is 0.227. The summed E-state index contributed by atoms with van der Waals surface area (Å²) in [6.07, 6.45) is 11.2. The normalized spacial score (nSPS) is 16.1. The van der Waals surface area contributed by atoms with E-state index in [1.54, 1.807) is 18.2 Å². The van der Waals surface area contributed by atoms with Crippen molar-refractivity contribution in [2.45, 2.75) is 25.7 Å². The average Bonchev–Trinajstić information content (AvgIpc) is 3.17. The molecule has 2 aromatic rings. The molecule has 1 aromatic carbocycles. The molecule has 0 spiro atoms. The SMILES string of the molecule is COc1ccc2c(c1)c(CCC(=O)O)cn2S(=O)(=O)C1=COC=C(C2=CC=CCC2)O1. The van der Waals surface area contributed by atoms with Gasteiger partial charge in [-0.1, -0.05) is 18.2 Å². The fourth-order valence-corrected chi connectivity index (χ4v) is 4.73. The molecule has 8 nitrogen and oxygen atoms in total. The van der Waals surface area contributed by atoms with Gasteiger partial charge in [0.15, 0.2) is 5.76 Å². The molecule has 1 aromatic heterocycles. The van der Waals surface area contributed by atoms with Crippen LogP contribution in [0.3, 0.4) is 0 Å². The standard InChI is InChI=1S/C22H21NO7S/c1-28-17-8-9-19-18(11-17)16(7-10-21(24)25)12-23(19)31(26,27)22-14-29-13-20(30-22)15-5-3-2-4-6-15/h2-3,5,8-9,11-14H,4,6-7,10H2,1H3,(H,24,25). The van der Waals surface area contributed by atoms with Gasteiger partial charge in [0.2, 0.25) is 0 Å². The van der Waals surface area contributed by atoms with E-state index in [-0.39, 0.29) is 17.9 Å². The summed E-state index contributed by atoms with van der Waals surface area (Å²) < 4.78 is 44.2. The number of carboxylic acids is 1. The predicted octanol–water partition coefficient (Wildman–Crippen LogP) is 3.81. The number of carboxylic acid groups (broad SMARTS) is 1. The van der Waals surface area contributed by atoms with Gasteiger partial charge in [-0.05, 0) is 48.6 Å². The van der Waals surface area contributed by atoms with Crippen LogP contribution in [0.2, 0.25) is 0 Å². The number of aromatic nitrogens is 1. The highest BCUT2D eigenvalue weighted by Crippen LogP contribution is 2.33.